The van der Waals surface area contributed by atoms with Crippen LogP contribution in [-0.4, -0.2) is 17.2 Å². The summed E-state index contributed by atoms with van der Waals surface area (Å²) in [4.78, 5) is 11.9. The van der Waals surface area contributed by atoms with Crippen molar-refractivity contribution in [3.05, 3.63) is 30.3 Å². The number of thioether (sulfide) groups is 1. The van der Waals surface area contributed by atoms with Crippen LogP contribution in [-0.2, 0) is 4.79 Å². The van der Waals surface area contributed by atoms with Crippen LogP contribution in [0.3, 0.4) is 0 Å². The summed E-state index contributed by atoms with van der Waals surface area (Å²) in [5.74, 6) is -1.18. The second kappa shape index (κ2) is 5.69. The summed E-state index contributed by atoms with van der Waals surface area (Å²) in [6, 6.07) is 8.16. The van der Waals surface area contributed by atoms with Crippen molar-refractivity contribution in [2.45, 2.75) is 41.9 Å². The average molecular weight is 271 g/mol. The highest BCUT2D eigenvalue weighted by atomic mass is 32.2. The van der Waals surface area contributed by atoms with Gasteiger partial charge in [-0.1, -0.05) is 31.0 Å². The molecule has 0 radical (unpaired) electrons. The molecule has 18 heavy (non-hydrogen) atoms. The number of nitrogens with one attached hydrogen (secondary N) is 1. The highest BCUT2D eigenvalue weighted by molar-refractivity contribution is 8.01. The minimum absolute atomic E-state index is 0.0836. The Balaban J connectivity index is 1.94. The van der Waals surface area contributed by atoms with Gasteiger partial charge in [0.05, 0.1) is 0 Å². The molecule has 0 saturated heterocycles. The lowest BCUT2D eigenvalue weighted by atomic mass is 10.2. The van der Waals surface area contributed by atoms with Gasteiger partial charge in [-0.2, -0.15) is 8.78 Å². The van der Waals surface area contributed by atoms with E-state index >= 15 is 0 Å². The van der Waals surface area contributed by atoms with E-state index in [4.69, 9.17) is 0 Å². The maximum atomic E-state index is 13.7. The molecule has 1 aliphatic rings. The van der Waals surface area contributed by atoms with Gasteiger partial charge in [0, 0.05) is 10.9 Å². The van der Waals surface area contributed by atoms with Gasteiger partial charge < -0.3 is 5.32 Å². The Kier molecular flexibility index (Phi) is 4.22. The molecule has 1 aliphatic carbocycles. The van der Waals surface area contributed by atoms with Crippen molar-refractivity contribution in [1.29, 1.82) is 0 Å². The van der Waals surface area contributed by atoms with Crippen LogP contribution >= 0.6 is 11.8 Å². The van der Waals surface area contributed by atoms with Crippen molar-refractivity contribution in [3.8, 4) is 0 Å². The molecule has 0 spiro atoms. The number of benzene rings is 1. The van der Waals surface area contributed by atoms with E-state index in [2.05, 4.69) is 5.32 Å². The molecule has 0 atom stereocenters. The normalized spacial score (nSPS) is 16.8. The van der Waals surface area contributed by atoms with Gasteiger partial charge in [0.25, 0.3) is 0 Å². The van der Waals surface area contributed by atoms with E-state index in [1.54, 1.807) is 30.3 Å². The third kappa shape index (κ3) is 3.45. The Labute approximate surface area is 109 Å². The SMILES string of the molecule is O=C(NC1CCCC1)C(F)(F)Sc1ccccc1. The first-order valence-electron chi connectivity index (χ1n) is 6.01. The number of halogens is 2. The lowest BCUT2D eigenvalue weighted by molar-refractivity contribution is -0.135. The van der Waals surface area contributed by atoms with E-state index in [1.807, 2.05) is 0 Å². The third-order valence-electron chi connectivity index (χ3n) is 2.94. The van der Waals surface area contributed by atoms with E-state index in [1.165, 1.54) is 0 Å². The first-order chi connectivity index (χ1) is 8.58. The highest BCUT2D eigenvalue weighted by Crippen LogP contribution is 2.36. The second-order valence-electron chi connectivity index (χ2n) is 4.39. The van der Waals surface area contributed by atoms with Crippen molar-refractivity contribution >= 4 is 17.7 Å². The average Bonchev–Trinajstić information content (AvgIpc) is 2.82. The van der Waals surface area contributed by atoms with E-state index in [0.29, 0.717) is 16.7 Å². The van der Waals surface area contributed by atoms with Gasteiger partial charge in [0.2, 0.25) is 0 Å². The van der Waals surface area contributed by atoms with Crippen molar-refractivity contribution in [3.63, 3.8) is 0 Å². The molecule has 98 valence electrons. The summed E-state index contributed by atoms with van der Waals surface area (Å²) < 4.78 is 27.4. The van der Waals surface area contributed by atoms with Crippen LogP contribution in [0.1, 0.15) is 25.7 Å². The molecule has 0 unspecified atom stereocenters. The zero-order valence-electron chi connectivity index (χ0n) is 9.86. The molecule has 2 rings (SSSR count). The molecule has 1 fully saturated rings. The molecule has 0 aliphatic heterocycles. The number of carbonyl (C=O) groups excluding carboxylic acids is 1. The molecule has 0 bridgehead atoms. The Morgan fingerprint density at radius 3 is 2.44 bits per heavy atom. The van der Waals surface area contributed by atoms with Crippen molar-refractivity contribution in [1.82, 2.24) is 5.32 Å². The quantitative estimate of drug-likeness (QED) is 0.850. The monoisotopic (exact) mass is 271 g/mol. The molecule has 1 amide bonds. The number of hydrogen-bond donors (Lipinski definition) is 1. The zero-order valence-corrected chi connectivity index (χ0v) is 10.7. The summed E-state index contributed by atoms with van der Waals surface area (Å²) in [6.07, 6.45) is 3.61. The third-order valence-corrected chi connectivity index (χ3v) is 3.89. The Bertz CT molecular complexity index is 405. The van der Waals surface area contributed by atoms with Crippen molar-refractivity contribution in [2.75, 3.05) is 0 Å². The maximum absolute atomic E-state index is 13.7. The van der Waals surface area contributed by atoms with Gasteiger partial charge in [0.15, 0.2) is 0 Å². The standard InChI is InChI=1S/C13H15F2NOS/c14-13(15,18-11-8-2-1-3-9-11)12(17)16-10-6-4-5-7-10/h1-3,8-10H,4-7H2,(H,16,17). The van der Waals surface area contributed by atoms with Crippen LogP contribution in [0.5, 0.6) is 0 Å². The van der Waals surface area contributed by atoms with Gasteiger partial charge in [-0.3, -0.25) is 4.79 Å². The first kappa shape index (κ1) is 13.3. The molecule has 1 N–H and O–H groups in total. The molecular weight excluding hydrogens is 256 g/mol. The highest BCUT2D eigenvalue weighted by Gasteiger charge is 2.41. The van der Waals surface area contributed by atoms with Crippen LogP contribution in [0.4, 0.5) is 8.78 Å². The van der Waals surface area contributed by atoms with Crippen molar-refractivity contribution < 1.29 is 13.6 Å². The molecule has 0 heterocycles. The number of alkyl halides is 2. The van der Waals surface area contributed by atoms with E-state index in [-0.39, 0.29) is 6.04 Å². The van der Waals surface area contributed by atoms with Gasteiger partial charge in [-0.15, -0.1) is 0 Å². The summed E-state index contributed by atoms with van der Waals surface area (Å²) in [7, 11) is 0. The molecule has 1 saturated carbocycles. The molecular formula is C13H15F2NOS. The maximum Gasteiger partial charge on any atom is 0.374 e. The molecule has 1 aromatic rings. The fraction of sp³-hybridized carbons (Fsp3) is 0.462. The topological polar surface area (TPSA) is 29.1 Å². The van der Waals surface area contributed by atoms with Crippen LogP contribution in [0.15, 0.2) is 35.2 Å². The predicted octanol–water partition coefficient (Wildman–Crippen LogP) is 3.43. The van der Waals surface area contributed by atoms with Gasteiger partial charge in [-0.25, -0.2) is 0 Å². The Morgan fingerprint density at radius 2 is 1.83 bits per heavy atom. The number of hydrogen-bond acceptors (Lipinski definition) is 2. The van der Waals surface area contributed by atoms with Crippen LogP contribution in [0.25, 0.3) is 0 Å². The largest absolute Gasteiger partial charge is 0.374 e. The van der Waals surface area contributed by atoms with Crippen LogP contribution in [0.2, 0.25) is 0 Å². The zero-order chi connectivity index (χ0) is 13.0. The fourth-order valence-corrected chi connectivity index (χ4v) is 2.76. The van der Waals surface area contributed by atoms with Crippen LogP contribution < -0.4 is 5.32 Å². The van der Waals surface area contributed by atoms with E-state index in [0.717, 1.165) is 25.7 Å². The summed E-state index contributed by atoms with van der Waals surface area (Å²) >= 11 is 0.292. The van der Waals surface area contributed by atoms with Crippen LogP contribution in [0, 0.1) is 0 Å². The van der Waals surface area contributed by atoms with E-state index < -0.39 is 11.2 Å². The molecule has 5 heteroatoms. The summed E-state index contributed by atoms with van der Waals surface area (Å²) in [5.41, 5.74) is 0. The van der Waals surface area contributed by atoms with E-state index in [9.17, 15) is 13.6 Å². The Hall–Kier alpha value is -1.10. The molecule has 1 aromatic carbocycles. The number of carbonyl (C=O) groups is 1. The number of amides is 1. The first-order valence-corrected chi connectivity index (χ1v) is 6.82. The molecule has 2 nitrogen and oxygen atoms in total. The minimum Gasteiger partial charge on any atom is -0.347 e. The Morgan fingerprint density at radius 1 is 1.22 bits per heavy atom. The number of rotatable bonds is 4. The summed E-state index contributed by atoms with van der Waals surface area (Å²) in [6.45, 7) is 0. The minimum atomic E-state index is -3.41. The van der Waals surface area contributed by atoms with Gasteiger partial charge >= 0.3 is 11.2 Å². The fourth-order valence-electron chi connectivity index (χ4n) is 2.02. The van der Waals surface area contributed by atoms with Crippen molar-refractivity contribution in [2.24, 2.45) is 0 Å². The lowest BCUT2D eigenvalue weighted by Crippen LogP contribution is -2.42. The van der Waals surface area contributed by atoms with Gasteiger partial charge in [-0.05, 0) is 36.7 Å². The lowest BCUT2D eigenvalue weighted by Gasteiger charge is -2.18. The summed E-state index contributed by atoms with van der Waals surface area (Å²) in [5, 5.41) is -0.983. The van der Waals surface area contributed by atoms with Gasteiger partial charge in [0.1, 0.15) is 0 Å². The second-order valence-corrected chi connectivity index (χ2v) is 5.57. The smallest absolute Gasteiger partial charge is 0.347 e. The predicted molar refractivity (Wildman–Crippen MR) is 67.6 cm³/mol. The molecule has 0 aromatic heterocycles.